The van der Waals surface area contributed by atoms with Crippen molar-refractivity contribution in [2.75, 3.05) is 0 Å². The van der Waals surface area contributed by atoms with E-state index in [4.69, 9.17) is 0 Å². The molecule has 1 aromatic carbocycles. The number of hydrogen-bond acceptors (Lipinski definition) is 2. The summed E-state index contributed by atoms with van der Waals surface area (Å²) in [6, 6.07) is 7.59. The highest BCUT2D eigenvalue weighted by Crippen LogP contribution is 2.44. The molecule has 0 spiro atoms. The number of urea groups is 1. The smallest absolute Gasteiger partial charge is 0.330 e. The molecule has 0 aliphatic heterocycles. The topological polar surface area (TPSA) is 78.4 Å². The minimum Gasteiger partial charge on any atom is -0.479 e. The summed E-state index contributed by atoms with van der Waals surface area (Å²) in [6.07, 6.45) is 4.68. The number of amides is 2. The molecule has 2 amide bonds. The van der Waals surface area contributed by atoms with Gasteiger partial charge in [-0.25, -0.2) is 9.59 Å². The zero-order chi connectivity index (χ0) is 14.8. The van der Waals surface area contributed by atoms with Crippen molar-refractivity contribution < 1.29 is 14.7 Å². The summed E-state index contributed by atoms with van der Waals surface area (Å²) in [5.41, 5.74) is 0.578. The number of benzene rings is 1. The third kappa shape index (κ3) is 3.54. The minimum atomic E-state index is -1.05. The highest BCUT2D eigenvalue weighted by atomic mass is 16.4. The van der Waals surface area contributed by atoms with Crippen LogP contribution in [0.25, 0.3) is 0 Å². The van der Waals surface area contributed by atoms with Gasteiger partial charge in [0.05, 0.1) is 0 Å². The molecule has 1 atom stereocenters. The van der Waals surface area contributed by atoms with Crippen LogP contribution in [0.15, 0.2) is 30.3 Å². The molecule has 2 aliphatic carbocycles. The molecule has 1 unspecified atom stereocenters. The molecule has 5 nitrogen and oxygen atoms in total. The number of aliphatic carboxylic acids is 1. The van der Waals surface area contributed by atoms with E-state index in [1.54, 1.807) is 24.3 Å². The van der Waals surface area contributed by atoms with Crippen molar-refractivity contribution in [1.29, 1.82) is 0 Å². The van der Waals surface area contributed by atoms with Gasteiger partial charge in [-0.15, -0.1) is 0 Å². The Balaban J connectivity index is 1.62. The van der Waals surface area contributed by atoms with Gasteiger partial charge in [0.15, 0.2) is 6.04 Å². The van der Waals surface area contributed by atoms with E-state index >= 15 is 0 Å². The van der Waals surface area contributed by atoms with E-state index in [2.05, 4.69) is 10.6 Å². The normalized spacial score (nSPS) is 19.1. The quantitative estimate of drug-likeness (QED) is 0.751. The molecule has 3 N–H and O–H groups in total. The highest BCUT2D eigenvalue weighted by Gasteiger charge is 2.42. The molecule has 112 valence electrons. The third-order valence-electron chi connectivity index (χ3n) is 4.21. The van der Waals surface area contributed by atoms with Crippen molar-refractivity contribution in [3.8, 4) is 0 Å². The van der Waals surface area contributed by atoms with Crippen LogP contribution in [0, 0.1) is 11.8 Å². The first-order valence-corrected chi connectivity index (χ1v) is 7.50. The van der Waals surface area contributed by atoms with Gasteiger partial charge in [0, 0.05) is 6.04 Å². The molecule has 0 bridgehead atoms. The van der Waals surface area contributed by atoms with Gasteiger partial charge in [-0.3, -0.25) is 0 Å². The van der Waals surface area contributed by atoms with Gasteiger partial charge in [0.25, 0.3) is 0 Å². The summed E-state index contributed by atoms with van der Waals surface area (Å²) >= 11 is 0. The Labute approximate surface area is 123 Å². The van der Waals surface area contributed by atoms with E-state index in [1.807, 2.05) is 6.07 Å². The maximum absolute atomic E-state index is 12.1. The van der Waals surface area contributed by atoms with Gasteiger partial charge in [-0.2, -0.15) is 0 Å². The monoisotopic (exact) mass is 288 g/mol. The second-order valence-electron chi connectivity index (χ2n) is 6.00. The van der Waals surface area contributed by atoms with Crippen LogP contribution in [0.5, 0.6) is 0 Å². The summed E-state index contributed by atoms with van der Waals surface area (Å²) in [5.74, 6) is 0.122. The molecular weight excluding hydrogens is 268 g/mol. The summed E-state index contributed by atoms with van der Waals surface area (Å²) in [6.45, 7) is 0. The lowest BCUT2D eigenvalue weighted by Gasteiger charge is -2.21. The molecule has 0 radical (unpaired) electrons. The zero-order valence-electron chi connectivity index (χ0n) is 11.8. The fourth-order valence-electron chi connectivity index (χ4n) is 2.79. The zero-order valence-corrected chi connectivity index (χ0v) is 11.8. The van der Waals surface area contributed by atoms with E-state index in [-0.39, 0.29) is 12.1 Å². The molecule has 0 aromatic heterocycles. The van der Waals surface area contributed by atoms with Crippen LogP contribution in [0.2, 0.25) is 0 Å². The van der Waals surface area contributed by atoms with Gasteiger partial charge in [0.2, 0.25) is 0 Å². The predicted molar refractivity (Wildman–Crippen MR) is 77.7 cm³/mol. The SMILES string of the molecule is O=C(NC(C(=O)O)c1ccccc1)NC(C1CC1)C1CC1. The molecule has 0 saturated heterocycles. The first kappa shape index (κ1) is 13.9. The van der Waals surface area contributed by atoms with Crippen LogP contribution < -0.4 is 10.6 Å². The number of carboxylic acids is 1. The van der Waals surface area contributed by atoms with Crippen molar-refractivity contribution in [3.05, 3.63) is 35.9 Å². The Morgan fingerprint density at radius 1 is 1.00 bits per heavy atom. The Bertz CT molecular complexity index is 512. The first-order chi connectivity index (χ1) is 10.1. The van der Waals surface area contributed by atoms with Crippen LogP contribution >= 0.6 is 0 Å². The summed E-state index contributed by atoms with van der Waals surface area (Å²) in [5, 5.41) is 14.9. The molecule has 2 saturated carbocycles. The van der Waals surface area contributed by atoms with Crippen molar-refractivity contribution in [2.45, 2.75) is 37.8 Å². The van der Waals surface area contributed by atoms with E-state index in [0.29, 0.717) is 17.4 Å². The van der Waals surface area contributed by atoms with E-state index in [9.17, 15) is 14.7 Å². The molecule has 2 aliphatic rings. The molecule has 0 heterocycles. The first-order valence-electron chi connectivity index (χ1n) is 7.50. The van der Waals surface area contributed by atoms with Crippen molar-refractivity contribution in [3.63, 3.8) is 0 Å². The Hall–Kier alpha value is -2.04. The minimum absolute atomic E-state index is 0.218. The van der Waals surface area contributed by atoms with Gasteiger partial charge in [0.1, 0.15) is 0 Å². The Kier molecular flexibility index (Phi) is 3.82. The van der Waals surface area contributed by atoms with Crippen LogP contribution in [-0.4, -0.2) is 23.1 Å². The average molecular weight is 288 g/mol. The highest BCUT2D eigenvalue weighted by molar-refractivity contribution is 5.83. The Morgan fingerprint density at radius 3 is 2.05 bits per heavy atom. The summed E-state index contributed by atoms with van der Waals surface area (Å²) in [4.78, 5) is 23.5. The number of nitrogens with one attached hydrogen (secondary N) is 2. The number of carboxylic acid groups (broad SMARTS) is 1. The maximum atomic E-state index is 12.1. The largest absolute Gasteiger partial charge is 0.479 e. The van der Waals surface area contributed by atoms with E-state index in [1.165, 1.54) is 25.7 Å². The number of carbonyl (C=O) groups is 2. The lowest BCUT2D eigenvalue weighted by atomic mass is 10.1. The molecule has 3 rings (SSSR count). The lowest BCUT2D eigenvalue weighted by Crippen LogP contribution is -2.46. The predicted octanol–water partition coefficient (Wildman–Crippen LogP) is 2.30. The van der Waals surface area contributed by atoms with Crippen LogP contribution in [0.1, 0.15) is 37.3 Å². The molecular formula is C16H20N2O3. The van der Waals surface area contributed by atoms with Crippen LogP contribution in [0.4, 0.5) is 4.79 Å². The molecule has 1 aromatic rings. The summed E-state index contributed by atoms with van der Waals surface area (Å²) < 4.78 is 0. The van der Waals surface area contributed by atoms with Crippen molar-refractivity contribution in [2.24, 2.45) is 11.8 Å². The van der Waals surface area contributed by atoms with Gasteiger partial charge in [-0.05, 0) is 43.1 Å². The second kappa shape index (κ2) is 5.76. The summed E-state index contributed by atoms with van der Waals surface area (Å²) in [7, 11) is 0. The maximum Gasteiger partial charge on any atom is 0.330 e. The van der Waals surface area contributed by atoms with Crippen LogP contribution in [0.3, 0.4) is 0 Å². The van der Waals surface area contributed by atoms with Crippen LogP contribution in [-0.2, 0) is 4.79 Å². The third-order valence-corrected chi connectivity index (χ3v) is 4.21. The average Bonchev–Trinajstić information content (AvgIpc) is 3.36. The van der Waals surface area contributed by atoms with Gasteiger partial charge < -0.3 is 15.7 Å². The van der Waals surface area contributed by atoms with E-state index < -0.39 is 12.0 Å². The number of carbonyl (C=O) groups excluding carboxylic acids is 1. The van der Waals surface area contributed by atoms with Crippen molar-refractivity contribution >= 4 is 12.0 Å². The number of hydrogen-bond donors (Lipinski definition) is 3. The molecule has 2 fully saturated rings. The lowest BCUT2D eigenvalue weighted by molar-refractivity contribution is -0.139. The Morgan fingerprint density at radius 2 is 1.57 bits per heavy atom. The van der Waals surface area contributed by atoms with E-state index in [0.717, 1.165) is 0 Å². The molecule has 5 heteroatoms. The van der Waals surface area contributed by atoms with Gasteiger partial charge >= 0.3 is 12.0 Å². The van der Waals surface area contributed by atoms with Gasteiger partial charge in [-0.1, -0.05) is 30.3 Å². The molecule has 21 heavy (non-hydrogen) atoms. The number of rotatable bonds is 6. The fraction of sp³-hybridized carbons (Fsp3) is 0.500. The fourth-order valence-corrected chi connectivity index (χ4v) is 2.79. The second-order valence-corrected chi connectivity index (χ2v) is 6.00. The standard InChI is InChI=1S/C16H20N2O3/c19-15(20)14(10-4-2-1-3-5-10)18-16(21)17-13(11-6-7-11)12-8-9-12/h1-5,11-14H,6-9H2,(H,19,20)(H2,17,18,21). The van der Waals surface area contributed by atoms with Crippen molar-refractivity contribution in [1.82, 2.24) is 10.6 Å².